The van der Waals surface area contributed by atoms with E-state index in [9.17, 15) is 0 Å². The van der Waals surface area contributed by atoms with E-state index in [1.54, 1.807) is 0 Å². The Balaban J connectivity index is 2.23. The van der Waals surface area contributed by atoms with E-state index in [0.29, 0.717) is 12.5 Å². The van der Waals surface area contributed by atoms with Crippen LogP contribution in [-0.4, -0.2) is 48.4 Å². The molecule has 3 N–H and O–H groups in total. The first-order chi connectivity index (χ1) is 9.58. The molecule has 0 radical (unpaired) electrons. The Labute approximate surface area is 122 Å². The van der Waals surface area contributed by atoms with Gasteiger partial charge in [-0.3, -0.25) is 10.3 Å². The average Bonchev–Trinajstić information content (AvgIpc) is 2.57. The molecule has 2 unspecified atom stereocenters. The molecule has 0 saturated carbocycles. The first-order valence-electron chi connectivity index (χ1n) is 7.40. The number of nitrogens with zero attached hydrogens (tertiary/aromatic N) is 2. The maximum Gasteiger partial charge on any atom is 0.0924 e. The summed E-state index contributed by atoms with van der Waals surface area (Å²) in [5.74, 6) is 0.267. The van der Waals surface area contributed by atoms with Crippen LogP contribution in [0.3, 0.4) is 0 Å². The minimum Gasteiger partial charge on any atom is -0.388 e. The van der Waals surface area contributed by atoms with Gasteiger partial charge >= 0.3 is 0 Å². The van der Waals surface area contributed by atoms with Gasteiger partial charge in [-0.15, -0.1) is 0 Å². The highest BCUT2D eigenvalue weighted by molar-refractivity contribution is 5.77. The Bertz CT molecular complexity index is 431. The van der Waals surface area contributed by atoms with Crippen LogP contribution >= 0.6 is 0 Å². The van der Waals surface area contributed by atoms with Gasteiger partial charge in [-0.2, -0.15) is 0 Å². The Hall–Kier alpha value is -1.39. The predicted molar refractivity (Wildman–Crippen MR) is 84.0 cm³/mol. The largest absolute Gasteiger partial charge is 0.388 e. The van der Waals surface area contributed by atoms with Gasteiger partial charge in [0.25, 0.3) is 0 Å². The van der Waals surface area contributed by atoms with Crippen molar-refractivity contribution in [3.8, 4) is 0 Å². The number of rotatable bonds is 4. The van der Waals surface area contributed by atoms with Crippen LogP contribution in [0.5, 0.6) is 0 Å². The number of hydrogen-bond acceptors (Lipinski definition) is 3. The van der Waals surface area contributed by atoms with E-state index >= 15 is 0 Å². The molecular weight excluding hydrogens is 248 g/mol. The highest BCUT2D eigenvalue weighted by Crippen LogP contribution is 2.27. The van der Waals surface area contributed by atoms with Gasteiger partial charge in [0.15, 0.2) is 0 Å². The lowest BCUT2D eigenvalue weighted by Gasteiger charge is -2.35. The van der Waals surface area contributed by atoms with E-state index in [2.05, 4.69) is 48.0 Å². The van der Waals surface area contributed by atoms with Gasteiger partial charge < -0.3 is 10.6 Å². The standard InChI is InChI=1S/C16H26N4/c1-13-12-19(2)9-6-10-20(13)15(11-16(17)18)14-7-4-3-5-8-14/h3-5,7-8,13,15H,6,9-12H2,1-2H3,(H3,17,18). The van der Waals surface area contributed by atoms with E-state index in [1.165, 1.54) is 12.0 Å². The number of nitrogens with one attached hydrogen (secondary N) is 1. The molecule has 1 fully saturated rings. The highest BCUT2D eigenvalue weighted by Gasteiger charge is 2.27. The van der Waals surface area contributed by atoms with E-state index < -0.39 is 0 Å². The fourth-order valence-electron chi connectivity index (χ4n) is 3.16. The SMILES string of the molecule is CC1CN(C)CCCN1C(CC(=N)N)c1ccccc1. The van der Waals surface area contributed by atoms with Crippen molar-refractivity contribution in [3.05, 3.63) is 35.9 Å². The molecule has 1 aliphatic heterocycles. The van der Waals surface area contributed by atoms with Crippen LogP contribution in [0.25, 0.3) is 0 Å². The molecule has 4 heteroatoms. The van der Waals surface area contributed by atoms with Crippen molar-refractivity contribution in [1.29, 1.82) is 5.41 Å². The topological polar surface area (TPSA) is 56.4 Å². The summed E-state index contributed by atoms with van der Waals surface area (Å²) in [4.78, 5) is 4.90. The van der Waals surface area contributed by atoms with E-state index in [0.717, 1.165) is 19.6 Å². The molecule has 0 aromatic heterocycles. The number of amidine groups is 1. The van der Waals surface area contributed by atoms with Crippen molar-refractivity contribution in [1.82, 2.24) is 9.80 Å². The normalized spacial score (nSPS) is 23.2. The second-order valence-electron chi connectivity index (χ2n) is 5.86. The van der Waals surface area contributed by atoms with Gasteiger partial charge in [0.05, 0.1) is 5.84 Å². The van der Waals surface area contributed by atoms with Crippen LogP contribution in [0, 0.1) is 5.41 Å². The van der Waals surface area contributed by atoms with Gasteiger partial charge in [-0.25, -0.2) is 0 Å². The number of benzene rings is 1. The Morgan fingerprint density at radius 2 is 2.05 bits per heavy atom. The Morgan fingerprint density at radius 3 is 2.70 bits per heavy atom. The lowest BCUT2D eigenvalue weighted by atomic mass is 9.99. The van der Waals surface area contributed by atoms with Crippen LogP contribution < -0.4 is 5.73 Å². The summed E-state index contributed by atoms with van der Waals surface area (Å²) < 4.78 is 0. The monoisotopic (exact) mass is 274 g/mol. The molecule has 1 aliphatic rings. The molecule has 1 heterocycles. The van der Waals surface area contributed by atoms with Gasteiger partial charge in [0, 0.05) is 31.6 Å². The van der Waals surface area contributed by atoms with Crippen LogP contribution in [0.15, 0.2) is 30.3 Å². The van der Waals surface area contributed by atoms with Gasteiger partial charge in [-0.05, 0) is 32.5 Å². The smallest absolute Gasteiger partial charge is 0.0924 e. The second kappa shape index (κ2) is 6.86. The fraction of sp³-hybridized carbons (Fsp3) is 0.562. The summed E-state index contributed by atoms with van der Waals surface area (Å²) in [5, 5.41) is 7.69. The van der Waals surface area contributed by atoms with Gasteiger partial charge in [0.2, 0.25) is 0 Å². The molecule has 20 heavy (non-hydrogen) atoms. The Morgan fingerprint density at radius 1 is 1.35 bits per heavy atom. The third-order valence-corrected chi connectivity index (χ3v) is 4.10. The van der Waals surface area contributed by atoms with Crippen molar-refractivity contribution >= 4 is 5.84 Å². The lowest BCUT2D eigenvalue weighted by Crippen LogP contribution is -2.41. The third kappa shape index (κ3) is 3.81. The molecule has 2 atom stereocenters. The summed E-state index contributed by atoms with van der Waals surface area (Å²) in [6.45, 7) is 5.56. The molecular formula is C16H26N4. The fourth-order valence-corrected chi connectivity index (χ4v) is 3.16. The maximum absolute atomic E-state index is 7.69. The Kier molecular flexibility index (Phi) is 5.15. The molecule has 0 aliphatic carbocycles. The zero-order valence-corrected chi connectivity index (χ0v) is 12.5. The van der Waals surface area contributed by atoms with Crippen molar-refractivity contribution in [3.63, 3.8) is 0 Å². The third-order valence-electron chi connectivity index (χ3n) is 4.10. The van der Waals surface area contributed by atoms with Crippen LogP contribution in [-0.2, 0) is 0 Å². The molecule has 110 valence electrons. The predicted octanol–water partition coefficient (Wildman–Crippen LogP) is 2.08. The summed E-state index contributed by atoms with van der Waals surface area (Å²) in [6.07, 6.45) is 1.78. The minimum atomic E-state index is 0.218. The molecule has 1 saturated heterocycles. The zero-order chi connectivity index (χ0) is 14.5. The number of nitrogens with two attached hydrogens (primary N) is 1. The molecule has 0 amide bonds. The molecule has 0 spiro atoms. The zero-order valence-electron chi connectivity index (χ0n) is 12.5. The first-order valence-corrected chi connectivity index (χ1v) is 7.40. The highest BCUT2D eigenvalue weighted by atomic mass is 15.2. The molecule has 4 nitrogen and oxygen atoms in total. The van der Waals surface area contributed by atoms with Crippen molar-refractivity contribution in [2.24, 2.45) is 5.73 Å². The summed E-state index contributed by atoms with van der Waals surface area (Å²) >= 11 is 0. The van der Waals surface area contributed by atoms with E-state index in [4.69, 9.17) is 11.1 Å². The number of hydrogen-bond donors (Lipinski definition) is 2. The molecule has 0 bridgehead atoms. The van der Waals surface area contributed by atoms with Crippen molar-refractivity contribution < 1.29 is 0 Å². The summed E-state index contributed by atoms with van der Waals surface area (Å²) in [6, 6.07) is 11.2. The summed E-state index contributed by atoms with van der Waals surface area (Å²) in [7, 11) is 2.18. The van der Waals surface area contributed by atoms with Crippen molar-refractivity contribution in [2.75, 3.05) is 26.7 Å². The van der Waals surface area contributed by atoms with Gasteiger partial charge in [-0.1, -0.05) is 30.3 Å². The summed E-state index contributed by atoms with van der Waals surface area (Å²) in [5.41, 5.74) is 6.96. The first kappa shape index (κ1) is 15.0. The lowest BCUT2D eigenvalue weighted by molar-refractivity contribution is 0.145. The van der Waals surface area contributed by atoms with Crippen LogP contribution in [0.2, 0.25) is 0 Å². The quantitative estimate of drug-likeness (QED) is 0.653. The molecule has 1 aromatic rings. The van der Waals surface area contributed by atoms with E-state index in [1.807, 2.05) is 6.07 Å². The van der Waals surface area contributed by atoms with Crippen molar-refractivity contribution in [2.45, 2.75) is 31.8 Å². The number of likely N-dealkylation sites (N-methyl/N-ethyl adjacent to an activating group) is 1. The van der Waals surface area contributed by atoms with Gasteiger partial charge in [0.1, 0.15) is 0 Å². The molecule has 2 rings (SSSR count). The van der Waals surface area contributed by atoms with E-state index in [-0.39, 0.29) is 11.9 Å². The van der Waals surface area contributed by atoms with Crippen LogP contribution in [0.4, 0.5) is 0 Å². The molecule has 1 aromatic carbocycles. The van der Waals surface area contributed by atoms with Crippen LogP contribution in [0.1, 0.15) is 31.4 Å². The average molecular weight is 274 g/mol. The second-order valence-corrected chi connectivity index (χ2v) is 5.86. The minimum absolute atomic E-state index is 0.218. The maximum atomic E-state index is 7.69.